The summed E-state index contributed by atoms with van der Waals surface area (Å²) in [6.07, 6.45) is 4.09. The summed E-state index contributed by atoms with van der Waals surface area (Å²) in [6, 6.07) is 4.69. The molecule has 2 aliphatic heterocycles. The predicted molar refractivity (Wildman–Crippen MR) is 93.6 cm³/mol. The predicted octanol–water partition coefficient (Wildman–Crippen LogP) is 1.25. The van der Waals surface area contributed by atoms with Crippen LogP contribution in [0.2, 0.25) is 0 Å². The molecular weight excluding hydrogens is 342 g/mol. The minimum Gasteiger partial charge on any atom is -0.339 e. The van der Waals surface area contributed by atoms with Gasteiger partial charge in [-0.25, -0.2) is 13.1 Å². The van der Waals surface area contributed by atoms with Crippen LogP contribution in [-0.2, 0) is 26.0 Å². The molecule has 2 N–H and O–H groups in total. The van der Waals surface area contributed by atoms with E-state index in [2.05, 4.69) is 10.0 Å². The second-order valence-corrected chi connectivity index (χ2v) is 8.28. The Balaban J connectivity index is 1.67. The van der Waals surface area contributed by atoms with Crippen LogP contribution >= 0.6 is 0 Å². The Labute approximate surface area is 147 Å². The zero-order chi connectivity index (χ0) is 18.0. The molecule has 0 saturated carbocycles. The molecule has 0 spiro atoms. The monoisotopic (exact) mass is 365 g/mol. The van der Waals surface area contributed by atoms with E-state index >= 15 is 0 Å². The van der Waals surface area contributed by atoms with E-state index in [0.29, 0.717) is 17.8 Å². The summed E-state index contributed by atoms with van der Waals surface area (Å²) in [6.45, 7) is 2.49. The number of hydrogen-bond acceptors (Lipinski definition) is 4. The number of benzene rings is 1. The number of likely N-dealkylation sites (tertiary alicyclic amines) is 1. The molecule has 136 valence electrons. The molecule has 1 unspecified atom stereocenters. The summed E-state index contributed by atoms with van der Waals surface area (Å²) in [5.41, 5.74) is 1.29. The van der Waals surface area contributed by atoms with E-state index in [-0.39, 0.29) is 35.7 Å². The Bertz CT molecular complexity index is 791. The van der Waals surface area contributed by atoms with E-state index in [1.54, 1.807) is 11.0 Å². The summed E-state index contributed by atoms with van der Waals surface area (Å²) in [5, 5.41) is 2.67. The SMILES string of the molecule is CCC1CCCCN1C(=O)CNS(=O)(=O)c1ccc2c(c1)CC(=O)N2. The van der Waals surface area contributed by atoms with E-state index in [0.717, 1.165) is 25.7 Å². The van der Waals surface area contributed by atoms with Crippen LogP contribution in [0, 0.1) is 0 Å². The van der Waals surface area contributed by atoms with E-state index in [9.17, 15) is 18.0 Å². The Kier molecular flexibility index (Phi) is 5.10. The number of sulfonamides is 1. The molecule has 1 fully saturated rings. The van der Waals surface area contributed by atoms with Crippen LogP contribution < -0.4 is 10.0 Å². The quantitative estimate of drug-likeness (QED) is 0.821. The van der Waals surface area contributed by atoms with Gasteiger partial charge in [0.1, 0.15) is 0 Å². The molecule has 25 heavy (non-hydrogen) atoms. The second-order valence-electron chi connectivity index (χ2n) is 6.51. The number of carbonyl (C=O) groups is 2. The van der Waals surface area contributed by atoms with Crippen molar-refractivity contribution in [2.24, 2.45) is 0 Å². The van der Waals surface area contributed by atoms with Gasteiger partial charge in [0, 0.05) is 18.3 Å². The van der Waals surface area contributed by atoms with Crippen LogP contribution in [0.25, 0.3) is 0 Å². The van der Waals surface area contributed by atoms with E-state index < -0.39 is 10.0 Å². The highest BCUT2D eigenvalue weighted by Gasteiger charge is 2.27. The molecule has 8 heteroatoms. The molecule has 0 aliphatic carbocycles. The van der Waals surface area contributed by atoms with Crippen molar-refractivity contribution in [3.05, 3.63) is 23.8 Å². The van der Waals surface area contributed by atoms with Crippen molar-refractivity contribution < 1.29 is 18.0 Å². The lowest BCUT2D eigenvalue weighted by molar-refractivity contribution is -0.133. The highest BCUT2D eigenvalue weighted by atomic mass is 32.2. The van der Waals surface area contributed by atoms with Crippen LogP contribution in [0.4, 0.5) is 5.69 Å². The molecule has 0 bridgehead atoms. The van der Waals surface area contributed by atoms with E-state index in [1.165, 1.54) is 12.1 Å². The lowest BCUT2D eigenvalue weighted by Crippen LogP contribution is -2.47. The number of rotatable bonds is 5. The van der Waals surface area contributed by atoms with Crippen molar-refractivity contribution in [2.45, 2.75) is 50.0 Å². The van der Waals surface area contributed by atoms with Crippen molar-refractivity contribution >= 4 is 27.5 Å². The van der Waals surface area contributed by atoms with Gasteiger partial charge in [-0.2, -0.15) is 0 Å². The summed E-state index contributed by atoms with van der Waals surface area (Å²) in [4.78, 5) is 25.7. The van der Waals surface area contributed by atoms with Crippen LogP contribution in [0.3, 0.4) is 0 Å². The molecular formula is C17H23N3O4S. The number of amides is 2. The Morgan fingerprint density at radius 2 is 2.16 bits per heavy atom. The molecule has 2 aliphatic rings. The maximum absolute atomic E-state index is 12.5. The van der Waals surface area contributed by atoms with Crippen LogP contribution in [0.1, 0.15) is 38.2 Å². The number of piperidine rings is 1. The molecule has 0 aromatic heterocycles. The number of carbonyl (C=O) groups excluding carboxylic acids is 2. The number of nitrogens with zero attached hydrogens (tertiary/aromatic N) is 1. The standard InChI is InChI=1S/C17H23N3O4S/c1-2-13-5-3-4-8-20(13)17(22)11-18-25(23,24)14-6-7-15-12(9-14)10-16(21)19-15/h6-7,9,13,18H,2-5,8,10-11H2,1H3,(H,19,21). The highest BCUT2D eigenvalue weighted by Crippen LogP contribution is 2.25. The Morgan fingerprint density at radius 1 is 1.36 bits per heavy atom. The zero-order valence-electron chi connectivity index (χ0n) is 14.2. The van der Waals surface area contributed by atoms with Gasteiger partial charge in [-0.3, -0.25) is 9.59 Å². The van der Waals surface area contributed by atoms with E-state index in [1.807, 2.05) is 6.92 Å². The van der Waals surface area contributed by atoms with Gasteiger partial charge in [-0.1, -0.05) is 6.92 Å². The van der Waals surface area contributed by atoms with Gasteiger partial charge in [-0.05, 0) is 49.4 Å². The van der Waals surface area contributed by atoms with Crippen molar-refractivity contribution in [2.75, 3.05) is 18.4 Å². The van der Waals surface area contributed by atoms with Crippen molar-refractivity contribution in [3.63, 3.8) is 0 Å². The average molecular weight is 365 g/mol. The minimum absolute atomic E-state index is 0.0706. The van der Waals surface area contributed by atoms with Gasteiger partial charge in [-0.15, -0.1) is 0 Å². The van der Waals surface area contributed by atoms with Gasteiger partial charge in [0.25, 0.3) is 0 Å². The molecule has 1 aromatic rings. The fraction of sp³-hybridized carbons (Fsp3) is 0.529. The van der Waals surface area contributed by atoms with Gasteiger partial charge in [0.05, 0.1) is 17.9 Å². The number of hydrogen-bond donors (Lipinski definition) is 2. The first-order valence-electron chi connectivity index (χ1n) is 8.62. The fourth-order valence-electron chi connectivity index (χ4n) is 3.47. The molecule has 3 rings (SSSR count). The van der Waals surface area contributed by atoms with Gasteiger partial charge < -0.3 is 10.2 Å². The lowest BCUT2D eigenvalue weighted by atomic mass is 10.00. The van der Waals surface area contributed by atoms with E-state index in [4.69, 9.17) is 0 Å². The number of anilines is 1. The molecule has 1 atom stereocenters. The van der Waals surface area contributed by atoms with Crippen molar-refractivity contribution in [1.29, 1.82) is 0 Å². The highest BCUT2D eigenvalue weighted by molar-refractivity contribution is 7.89. The van der Waals surface area contributed by atoms with Crippen LogP contribution in [0.15, 0.2) is 23.1 Å². The Hall–Kier alpha value is -1.93. The van der Waals surface area contributed by atoms with Crippen molar-refractivity contribution in [3.8, 4) is 0 Å². The smallest absolute Gasteiger partial charge is 0.241 e. The minimum atomic E-state index is -3.79. The maximum atomic E-state index is 12.5. The first-order chi connectivity index (χ1) is 11.9. The summed E-state index contributed by atoms with van der Waals surface area (Å²) in [7, 11) is -3.79. The second kappa shape index (κ2) is 7.13. The topological polar surface area (TPSA) is 95.6 Å². The van der Waals surface area contributed by atoms with Gasteiger partial charge >= 0.3 is 0 Å². The van der Waals surface area contributed by atoms with Crippen molar-refractivity contribution in [1.82, 2.24) is 9.62 Å². The summed E-state index contributed by atoms with van der Waals surface area (Å²) in [5.74, 6) is -0.337. The first kappa shape index (κ1) is 17.9. The fourth-order valence-corrected chi connectivity index (χ4v) is 4.49. The molecule has 2 heterocycles. The summed E-state index contributed by atoms with van der Waals surface area (Å²) < 4.78 is 27.3. The third kappa shape index (κ3) is 3.85. The van der Waals surface area contributed by atoms with Crippen LogP contribution in [0.5, 0.6) is 0 Å². The largest absolute Gasteiger partial charge is 0.339 e. The van der Waals surface area contributed by atoms with Crippen LogP contribution in [-0.4, -0.2) is 44.3 Å². The summed E-state index contributed by atoms with van der Waals surface area (Å²) >= 11 is 0. The number of nitrogens with one attached hydrogen (secondary N) is 2. The molecule has 0 radical (unpaired) electrons. The normalized spacial score (nSPS) is 20.3. The molecule has 1 aromatic carbocycles. The lowest BCUT2D eigenvalue weighted by Gasteiger charge is -2.35. The maximum Gasteiger partial charge on any atom is 0.241 e. The van der Waals surface area contributed by atoms with Gasteiger partial charge in [0.15, 0.2) is 0 Å². The molecule has 1 saturated heterocycles. The molecule has 7 nitrogen and oxygen atoms in total. The first-order valence-corrected chi connectivity index (χ1v) is 10.1. The van der Waals surface area contributed by atoms with Gasteiger partial charge in [0.2, 0.25) is 21.8 Å². The third-order valence-corrected chi connectivity index (χ3v) is 6.24. The Morgan fingerprint density at radius 3 is 2.92 bits per heavy atom. The molecule has 2 amide bonds. The number of fused-ring (bicyclic) bond motifs is 1. The zero-order valence-corrected chi connectivity index (χ0v) is 15.1. The third-order valence-electron chi connectivity index (χ3n) is 4.84. The average Bonchev–Trinajstić information content (AvgIpc) is 2.98.